The third-order valence-electron chi connectivity index (χ3n) is 4.60. The summed E-state index contributed by atoms with van der Waals surface area (Å²) in [5.74, 6) is 1.81. The third kappa shape index (κ3) is 1.60. The number of rotatable bonds is 1. The van der Waals surface area contributed by atoms with E-state index in [0.717, 1.165) is 42.9 Å². The van der Waals surface area contributed by atoms with Crippen LogP contribution in [0.25, 0.3) is 11.0 Å². The molecule has 1 amide bonds. The summed E-state index contributed by atoms with van der Waals surface area (Å²) in [6.45, 7) is 2.56. The second kappa shape index (κ2) is 4.19. The number of carbonyl (C=O) groups is 1. The molecule has 0 spiro atoms. The molecule has 104 valence electrons. The van der Waals surface area contributed by atoms with Gasteiger partial charge in [-0.2, -0.15) is 0 Å². The number of aromatic amines is 1. The molecule has 0 saturated carbocycles. The first kappa shape index (κ1) is 11.7. The Morgan fingerprint density at radius 1 is 1.35 bits per heavy atom. The highest BCUT2D eigenvalue weighted by molar-refractivity contribution is 5.88. The summed E-state index contributed by atoms with van der Waals surface area (Å²) in [5.41, 5.74) is 0.855. The predicted molar refractivity (Wildman–Crippen MR) is 75.3 cm³/mol. The molecule has 6 nitrogen and oxygen atoms in total. The van der Waals surface area contributed by atoms with Crippen LogP contribution in [0.3, 0.4) is 0 Å². The molecule has 4 rings (SSSR count). The van der Waals surface area contributed by atoms with Gasteiger partial charge in [0, 0.05) is 32.9 Å². The third-order valence-corrected chi connectivity index (χ3v) is 4.60. The van der Waals surface area contributed by atoms with Gasteiger partial charge in [-0.05, 0) is 18.4 Å². The SMILES string of the molecule is CN1CC[C@@H]2CN(c3ncnc4[nH]ccc34)C[C@@H]2C1=O. The molecule has 0 radical (unpaired) electrons. The van der Waals surface area contributed by atoms with Gasteiger partial charge in [-0.1, -0.05) is 0 Å². The van der Waals surface area contributed by atoms with Gasteiger partial charge < -0.3 is 14.8 Å². The Kier molecular flexibility index (Phi) is 2.45. The van der Waals surface area contributed by atoms with Gasteiger partial charge in [0.05, 0.1) is 11.3 Å². The highest BCUT2D eigenvalue weighted by Gasteiger charge is 2.42. The van der Waals surface area contributed by atoms with E-state index in [0.29, 0.717) is 5.92 Å². The number of nitrogens with zero attached hydrogens (tertiary/aromatic N) is 4. The largest absolute Gasteiger partial charge is 0.355 e. The number of amides is 1. The van der Waals surface area contributed by atoms with Gasteiger partial charge in [-0.3, -0.25) is 4.79 Å². The van der Waals surface area contributed by atoms with Crippen molar-refractivity contribution in [1.29, 1.82) is 0 Å². The lowest BCUT2D eigenvalue weighted by Crippen LogP contribution is -2.42. The summed E-state index contributed by atoms with van der Waals surface area (Å²) < 4.78 is 0. The number of anilines is 1. The average Bonchev–Trinajstić information content (AvgIpc) is 3.09. The summed E-state index contributed by atoms with van der Waals surface area (Å²) in [5, 5.41) is 1.03. The molecule has 2 atom stereocenters. The van der Waals surface area contributed by atoms with Gasteiger partial charge in [0.2, 0.25) is 5.91 Å². The molecule has 2 fully saturated rings. The van der Waals surface area contributed by atoms with Crippen molar-refractivity contribution >= 4 is 22.8 Å². The minimum Gasteiger partial charge on any atom is -0.355 e. The fraction of sp³-hybridized carbons (Fsp3) is 0.500. The minimum atomic E-state index is 0.123. The number of H-pyrrole nitrogens is 1. The number of piperidine rings is 1. The van der Waals surface area contributed by atoms with E-state index in [4.69, 9.17) is 0 Å². The molecule has 0 bridgehead atoms. The van der Waals surface area contributed by atoms with E-state index in [1.54, 1.807) is 6.33 Å². The van der Waals surface area contributed by atoms with E-state index in [2.05, 4.69) is 19.9 Å². The van der Waals surface area contributed by atoms with E-state index < -0.39 is 0 Å². The van der Waals surface area contributed by atoms with E-state index in [1.807, 2.05) is 24.2 Å². The molecule has 4 heterocycles. The highest BCUT2D eigenvalue weighted by atomic mass is 16.2. The Balaban J connectivity index is 1.68. The number of fused-ring (bicyclic) bond motifs is 2. The number of carbonyl (C=O) groups excluding carboxylic acids is 1. The molecule has 2 aromatic rings. The summed E-state index contributed by atoms with van der Waals surface area (Å²) in [6.07, 6.45) is 4.56. The Labute approximate surface area is 116 Å². The minimum absolute atomic E-state index is 0.123. The standard InChI is InChI=1S/C14H17N5O/c1-18-5-3-9-6-19(7-11(9)14(18)20)13-10-2-4-15-12(10)16-8-17-13/h2,4,8-9,11H,3,5-7H2,1H3,(H,15,16,17)/t9-,11+/m1/s1. The summed E-state index contributed by atoms with van der Waals surface area (Å²) in [4.78, 5) is 28.1. The summed E-state index contributed by atoms with van der Waals surface area (Å²) in [6, 6.07) is 2.00. The topological polar surface area (TPSA) is 65.1 Å². The molecule has 2 saturated heterocycles. The zero-order valence-electron chi connectivity index (χ0n) is 11.4. The first-order chi connectivity index (χ1) is 9.74. The van der Waals surface area contributed by atoms with Crippen LogP contribution in [0.15, 0.2) is 18.6 Å². The maximum atomic E-state index is 12.3. The van der Waals surface area contributed by atoms with Crippen LogP contribution in [-0.2, 0) is 4.79 Å². The predicted octanol–water partition coefficient (Wildman–Crippen LogP) is 0.872. The molecule has 20 heavy (non-hydrogen) atoms. The number of aromatic nitrogens is 3. The van der Waals surface area contributed by atoms with Crippen molar-refractivity contribution in [2.45, 2.75) is 6.42 Å². The van der Waals surface area contributed by atoms with Crippen LogP contribution in [0.5, 0.6) is 0 Å². The van der Waals surface area contributed by atoms with Gasteiger partial charge >= 0.3 is 0 Å². The zero-order valence-corrected chi connectivity index (χ0v) is 11.4. The van der Waals surface area contributed by atoms with Gasteiger partial charge in [-0.15, -0.1) is 0 Å². The maximum Gasteiger partial charge on any atom is 0.227 e. The van der Waals surface area contributed by atoms with Gasteiger partial charge in [0.15, 0.2) is 0 Å². The second-order valence-corrected chi connectivity index (χ2v) is 5.76. The Hall–Kier alpha value is -2.11. The molecule has 1 N–H and O–H groups in total. The van der Waals surface area contributed by atoms with Crippen molar-refractivity contribution in [3.05, 3.63) is 18.6 Å². The Bertz CT molecular complexity index is 666. The lowest BCUT2D eigenvalue weighted by molar-refractivity contribution is -0.137. The smallest absolute Gasteiger partial charge is 0.227 e. The molecule has 0 aliphatic carbocycles. The quantitative estimate of drug-likeness (QED) is 0.836. The summed E-state index contributed by atoms with van der Waals surface area (Å²) in [7, 11) is 1.90. The monoisotopic (exact) mass is 271 g/mol. The summed E-state index contributed by atoms with van der Waals surface area (Å²) >= 11 is 0. The average molecular weight is 271 g/mol. The van der Waals surface area contributed by atoms with Crippen LogP contribution in [0.4, 0.5) is 5.82 Å². The van der Waals surface area contributed by atoms with Crippen molar-refractivity contribution in [2.75, 3.05) is 31.6 Å². The highest BCUT2D eigenvalue weighted by Crippen LogP contribution is 2.35. The number of likely N-dealkylation sites (tertiary alicyclic amines) is 1. The zero-order chi connectivity index (χ0) is 13.7. The first-order valence-corrected chi connectivity index (χ1v) is 7.02. The van der Waals surface area contributed by atoms with Gasteiger partial charge in [0.25, 0.3) is 0 Å². The Morgan fingerprint density at radius 3 is 3.15 bits per heavy atom. The van der Waals surface area contributed by atoms with Gasteiger partial charge in [-0.25, -0.2) is 9.97 Å². The lowest BCUT2D eigenvalue weighted by atomic mass is 9.88. The molecular formula is C14H17N5O. The van der Waals surface area contributed by atoms with Crippen molar-refractivity contribution in [2.24, 2.45) is 11.8 Å². The van der Waals surface area contributed by atoms with E-state index in [-0.39, 0.29) is 11.8 Å². The van der Waals surface area contributed by atoms with E-state index >= 15 is 0 Å². The molecule has 2 aliphatic rings. The Morgan fingerprint density at radius 2 is 2.25 bits per heavy atom. The van der Waals surface area contributed by atoms with E-state index in [1.165, 1.54) is 0 Å². The van der Waals surface area contributed by atoms with Crippen LogP contribution >= 0.6 is 0 Å². The van der Waals surface area contributed by atoms with Crippen LogP contribution in [0, 0.1) is 11.8 Å². The lowest BCUT2D eigenvalue weighted by Gasteiger charge is -2.30. The molecule has 2 aliphatic heterocycles. The van der Waals surface area contributed by atoms with Crippen molar-refractivity contribution < 1.29 is 4.79 Å². The normalized spacial score (nSPS) is 26.4. The fourth-order valence-corrected chi connectivity index (χ4v) is 3.48. The van der Waals surface area contributed by atoms with Crippen molar-refractivity contribution in [3.8, 4) is 0 Å². The number of hydrogen-bond acceptors (Lipinski definition) is 4. The molecule has 2 aromatic heterocycles. The van der Waals surface area contributed by atoms with Crippen LogP contribution in [0.2, 0.25) is 0 Å². The first-order valence-electron chi connectivity index (χ1n) is 7.02. The molecule has 0 aromatic carbocycles. The van der Waals surface area contributed by atoms with Crippen molar-refractivity contribution in [1.82, 2.24) is 19.9 Å². The van der Waals surface area contributed by atoms with Crippen LogP contribution in [0.1, 0.15) is 6.42 Å². The fourth-order valence-electron chi connectivity index (χ4n) is 3.48. The second-order valence-electron chi connectivity index (χ2n) is 5.76. The molecule has 0 unspecified atom stereocenters. The van der Waals surface area contributed by atoms with E-state index in [9.17, 15) is 4.79 Å². The van der Waals surface area contributed by atoms with Crippen molar-refractivity contribution in [3.63, 3.8) is 0 Å². The number of nitrogens with one attached hydrogen (secondary N) is 1. The molecular weight excluding hydrogens is 254 g/mol. The van der Waals surface area contributed by atoms with Crippen LogP contribution in [-0.4, -0.2) is 52.4 Å². The van der Waals surface area contributed by atoms with Gasteiger partial charge in [0.1, 0.15) is 17.8 Å². The number of hydrogen-bond donors (Lipinski definition) is 1. The molecule has 6 heteroatoms. The van der Waals surface area contributed by atoms with Crippen LogP contribution < -0.4 is 4.90 Å². The maximum absolute atomic E-state index is 12.3.